The first-order valence-electron chi connectivity index (χ1n) is 11.6. The lowest BCUT2D eigenvalue weighted by atomic mass is 9.46. The van der Waals surface area contributed by atoms with E-state index in [2.05, 4.69) is 20.5 Å². The van der Waals surface area contributed by atoms with Crippen LogP contribution in [0.2, 0.25) is 10.3 Å². The molecule has 4 aliphatic carbocycles. The first kappa shape index (κ1) is 22.0. The van der Waals surface area contributed by atoms with Crippen LogP contribution in [-0.2, 0) is 16.9 Å². The predicted molar refractivity (Wildman–Crippen MR) is 126 cm³/mol. The van der Waals surface area contributed by atoms with Crippen molar-refractivity contribution in [3.05, 3.63) is 58.0 Å². The molecule has 1 amide bonds. The van der Waals surface area contributed by atoms with Gasteiger partial charge < -0.3 is 5.32 Å². The van der Waals surface area contributed by atoms with Gasteiger partial charge in [0.05, 0.1) is 17.5 Å². The van der Waals surface area contributed by atoms with Crippen molar-refractivity contribution in [3.63, 3.8) is 0 Å². The number of benzene rings is 1. The zero-order valence-corrected chi connectivity index (χ0v) is 20.3. The number of anilines is 1. The molecule has 10 heteroatoms. The number of aryl methyl sites for hydroxylation is 1. The van der Waals surface area contributed by atoms with Gasteiger partial charge in [0, 0.05) is 16.8 Å². The first-order chi connectivity index (χ1) is 16.2. The van der Waals surface area contributed by atoms with Gasteiger partial charge in [-0.2, -0.15) is 5.10 Å². The Labute approximate surface area is 206 Å². The van der Waals surface area contributed by atoms with Crippen LogP contribution >= 0.6 is 23.2 Å². The molecule has 178 valence electrons. The molecular weight excluding hydrogens is 478 g/mol. The first-order valence-corrected chi connectivity index (χ1v) is 12.4. The molecule has 1 aromatic carbocycles. The van der Waals surface area contributed by atoms with Gasteiger partial charge >= 0.3 is 0 Å². The van der Waals surface area contributed by atoms with Gasteiger partial charge in [-0.15, -0.1) is 5.10 Å². The van der Waals surface area contributed by atoms with Gasteiger partial charge in [-0.1, -0.05) is 17.7 Å². The normalized spacial score (nSPS) is 29.5. The van der Waals surface area contributed by atoms with Crippen molar-refractivity contribution >= 4 is 34.9 Å². The molecule has 4 saturated carbocycles. The van der Waals surface area contributed by atoms with Crippen molar-refractivity contribution in [2.45, 2.75) is 57.5 Å². The van der Waals surface area contributed by atoms with Gasteiger partial charge in [-0.3, -0.25) is 9.48 Å². The average molecular weight is 503 g/mol. The molecule has 2 heterocycles. The summed E-state index contributed by atoms with van der Waals surface area (Å²) in [6.45, 7) is 2.32. The highest BCUT2D eigenvalue weighted by Crippen LogP contribution is 2.64. The van der Waals surface area contributed by atoms with Crippen LogP contribution in [0.15, 0.2) is 30.6 Å². The Bertz CT molecular complexity index is 1270. The minimum atomic E-state index is -0.444. The fourth-order valence-electron chi connectivity index (χ4n) is 7.01. The van der Waals surface area contributed by atoms with Crippen molar-refractivity contribution < 1.29 is 9.18 Å². The third-order valence-corrected chi connectivity index (χ3v) is 8.54. The molecule has 4 fully saturated rings. The number of hydrogen-bond acceptors (Lipinski definition) is 4. The Balaban J connectivity index is 1.24. The summed E-state index contributed by atoms with van der Waals surface area (Å²) in [4.78, 5) is 17.9. The van der Waals surface area contributed by atoms with Crippen LogP contribution in [0, 0.1) is 30.0 Å². The maximum atomic E-state index is 13.7. The smallest absolute Gasteiger partial charge is 0.242 e. The standard InChI is InChI=1S/C24H25Cl2FN6O/c1-14-4-20(30-32(14)11-17-2-3-18(27)6-19(17)25)29-21(34)23-7-15-5-16(8-23)10-24(9-15,12-23)33-13-28-22(26)31-33/h2-4,6,13,15-16H,5,7-12H2,1H3,(H,29,30,34). The molecule has 4 bridgehead atoms. The Morgan fingerprint density at radius 1 is 1.18 bits per heavy atom. The summed E-state index contributed by atoms with van der Waals surface area (Å²) in [6.07, 6.45) is 7.45. The fraction of sp³-hybridized carbons (Fsp3) is 0.500. The lowest BCUT2D eigenvalue weighted by molar-refractivity contribution is -0.150. The summed E-state index contributed by atoms with van der Waals surface area (Å²) in [6, 6.07) is 6.20. The molecule has 4 aliphatic rings. The molecule has 2 atom stereocenters. The van der Waals surface area contributed by atoms with Crippen molar-refractivity contribution in [1.82, 2.24) is 24.5 Å². The number of nitrogens with one attached hydrogen (secondary N) is 1. The quantitative estimate of drug-likeness (QED) is 0.519. The van der Waals surface area contributed by atoms with Crippen LogP contribution in [-0.4, -0.2) is 30.5 Å². The number of rotatable bonds is 5. The van der Waals surface area contributed by atoms with Crippen LogP contribution in [0.5, 0.6) is 0 Å². The third-order valence-electron chi connectivity index (χ3n) is 8.02. The van der Waals surface area contributed by atoms with Gasteiger partial charge in [0.2, 0.25) is 11.2 Å². The van der Waals surface area contributed by atoms with E-state index >= 15 is 0 Å². The van der Waals surface area contributed by atoms with Crippen molar-refractivity contribution in [3.8, 4) is 0 Å². The lowest BCUT2D eigenvalue weighted by Crippen LogP contribution is -2.60. The minimum absolute atomic E-state index is 0.0293. The summed E-state index contributed by atoms with van der Waals surface area (Å²) >= 11 is 12.2. The molecule has 34 heavy (non-hydrogen) atoms. The zero-order valence-electron chi connectivity index (χ0n) is 18.8. The van der Waals surface area contributed by atoms with Crippen LogP contribution < -0.4 is 5.32 Å². The summed E-state index contributed by atoms with van der Waals surface area (Å²) in [5.74, 6) is 1.17. The van der Waals surface area contributed by atoms with Gasteiger partial charge in [0.25, 0.3) is 0 Å². The van der Waals surface area contributed by atoms with Crippen LogP contribution in [0.3, 0.4) is 0 Å². The van der Waals surface area contributed by atoms with Crippen molar-refractivity contribution in [2.24, 2.45) is 17.3 Å². The van der Waals surface area contributed by atoms with Crippen LogP contribution in [0.25, 0.3) is 0 Å². The van der Waals surface area contributed by atoms with E-state index < -0.39 is 5.41 Å². The highest BCUT2D eigenvalue weighted by atomic mass is 35.5. The maximum Gasteiger partial charge on any atom is 0.242 e. The summed E-state index contributed by atoms with van der Waals surface area (Å²) in [7, 11) is 0. The second kappa shape index (κ2) is 7.78. The zero-order chi connectivity index (χ0) is 23.7. The third kappa shape index (κ3) is 3.62. The molecular formula is C24H25Cl2FN6O. The van der Waals surface area contributed by atoms with Gasteiger partial charge in [-0.25, -0.2) is 14.1 Å². The van der Waals surface area contributed by atoms with Crippen molar-refractivity contribution in [1.29, 1.82) is 0 Å². The van der Waals surface area contributed by atoms with E-state index in [1.165, 1.54) is 18.6 Å². The van der Waals surface area contributed by atoms with Gasteiger partial charge in [0.1, 0.15) is 12.1 Å². The highest BCUT2D eigenvalue weighted by molar-refractivity contribution is 6.31. The molecule has 2 unspecified atom stereocenters. The van der Waals surface area contributed by atoms with E-state index in [1.54, 1.807) is 17.1 Å². The monoisotopic (exact) mass is 502 g/mol. The molecule has 0 aliphatic heterocycles. The molecule has 1 N–H and O–H groups in total. The largest absolute Gasteiger partial charge is 0.309 e. The fourth-order valence-corrected chi connectivity index (χ4v) is 7.36. The summed E-state index contributed by atoms with van der Waals surface area (Å²) < 4.78 is 17.1. The SMILES string of the molecule is Cc1cc(NC(=O)C23CC4CC(C2)CC(n2cnc(Cl)n2)(C4)C3)nn1Cc1ccc(F)cc1Cl. The number of carbonyl (C=O) groups excluding carboxylic acids is 1. The Hall–Kier alpha value is -2.45. The van der Waals surface area contributed by atoms with E-state index in [9.17, 15) is 9.18 Å². The predicted octanol–water partition coefficient (Wildman–Crippen LogP) is 5.21. The van der Waals surface area contributed by atoms with Gasteiger partial charge in [-0.05, 0) is 86.6 Å². The number of nitrogens with zero attached hydrogens (tertiary/aromatic N) is 5. The van der Waals surface area contributed by atoms with Crippen LogP contribution in [0.1, 0.15) is 49.8 Å². The Morgan fingerprint density at radius 2 is 1.94 bits per heavy atom. The number of carbonyl (C=O) groups is 1. The molecule has 2 aromatic heterocycles. The van der Waals surface area contributed by atoms with E-state index in [1.807, 2.05) is 17.7 Å². The summed E-state index contributed by atoms with van der Waals surface area (Å²) in [5, 5.41) is 12.7. The molecule has 7 rings (SSSR count). The Kier molecular flexibility index (Phi) is 5.04. The van der Waals surface area contributed by atoms with E-state index in [4.69, 9.17) is 23.2 Å². The molecule has 0 saturated heterocycles. The molecule has 3 aromatic rings. The Morgan fingerprint density at radius 3 is 2.62 bits per heavy atom. The number of aromatic nitrogens is 5. The topological polar surface area (TPSA) is 77.6 Å². The second-order valence-corrected chi connectivity index (χ2v) is 11.2. The summed E-state index contributed by atoms with van der Waals surface area (Å²) in [5.41, 5.74) is 1.01. The molecule has 7 nitrogen and oxygen atoms in total. The second-order valence-electron chi connectivity index (χ2n) is 10.4. The van der Waals surface area contributed by atoms with Crippen LogP contribution in [0.4, 0.5) is 10.2 Å². The van der Waals surface area contributed by atoms with Gasteiger partial charge in [0.15, 0.2) is 5.82 Å². The number of halogens is 3. The van der Waals surface area contributed by atoms with E-state index in [0.717, 1.165) is 43.4 Å². The maximum absolute atomic E-state index is 13.7. The lowest BCUT2D eigenvalue weighted by Gasteiger charge is -2.60. The number of amides is 1. The van der Waals surface area contributed by atoms with E-state index in [0.29, 0.717) is 29.2 Å². The van der Waals surface area contributed by atoms with Crippen molar-refractivity contribution in [2.75, 3.05) is 5.32 Å². The number of hydrogen-bond donors (Lipinski definition) is 1. The highest BCUT2D eigenvalue weighted by Gasteiger charge is 2.61. The van der Waals surface area contributed by atoms with E-state index in [-0.39, 0.29) is 22.5 Å². The average Bonchev–Trinajstić information content (AvgIpc) is 3.35. The molecule has 0 spiro atoms. The molecule has 0 radical (unpaired) electrons. The minimum Gasteiger partial charge on any atom is -0.309 e.